The molecule has 1 rings (SSSR count). The normalized spacial score (nSPS) is 10.2. The van der Waals surface area contributed by atoms with Crippen LogP contribution in [0.15, 0.2) is 12.1 Å². The van der Waals surface area contributed by atoms with E-state index in [0.29, 0.717) is 17.8 Å². The number of thioether (sulfide) groups is 1. The molecule has 1 aromatic carbocycles. The Balaban J connectivity index is 2.76. The molecule has 0 unspecified atom stereocenters. The number of carbonyl (C=O) groups excluding carboxylic acids is 1. The largest absolute Gasteiger partial charge is 0.397 e. The minimum absolute atomic E-state index is 0.195. The van der Waals surface area contributed by atoms with Gasteiger partial charge in [-0.2, -0.15) is 11.8 Å². The third-order valence-electron chi connectivity index (χ3n) is 1.91. The van der Waals surface area contributed by atoms with Crippen molar-refractivity contribution >= 4 is 46.6 Å². The number of nitrogens with two attached hydrogens (primary N) is 1. The quantitative estimate of drug-likeness (QED) is 0.658. The van der Waals surface area contributed by atoms with Gasteiger partial charge < -0.3 is 11.1 Å². The zero-order valence-corrected chi connectivity index (χ0v) is 11.0. The number of halogens is 2. The van der Waals surface area contributed by atoms with Crippen LogP contribution in [0.5, 0.6) is 0 Å². The second kappa shape index (κ2) is 6.23. The molecule has 16 heavy (non-hydrogen) atoms. The summed E-state index contributed by atoms with van der Waals surface area (Å²) in [5.74, 6) is 0.669. The number of amides is 1. The summed E-state index contributed by atoms with van der Waals surface area (Å²) in [6, 6.07) is 3.03. The van der Waals surface area contributed by atoms with Crippen LogP contribution in [0.3, 0.4) is 0 Å². The summed E-state index contributed by atoms with van der Waals surface area (Å²) in [4.78, 5) is 11.7. The lowest BCUT2D eigenvalue weighted by atomic mass is 10.2. The summed E-state index contributed by atoms with van der Waals surface area (Å²) in [5.41, 5.74) is 6.35. The van der Waals surface area contributed by atoms with Gasteiger partial charge in [-0.15, -0.1) is 0 Å². The van der Waals surface area contributed by atoms with Crippen LogP contribution in [0.1, 0.15) is 10.4 Å². The van der Waals surface area contributed by atoms with Crippen LogP contribution in [0.4, 0.5) is 5.69 Å². The van der Waals surface area contributed by atoms with Gasteiger partial charge in [0.15, 0.2) is 0 Å². The SMILES string of the molecule is CSCCNC(=O)c1cc(N)c(Cl)c(Cl)c1. The molecule has 1 aromatic rings. The first-order chi connectivity index (χ1) is 7.56. The molecule has 3 N–H and O–H groups in total. The van der Waals surface area contributed by atoms with Gasteiger partial charge in [0.05, 0.1) is 15.7 Å². The Labute approximate surface area is 109 Å². The highest BCUT2D eigenvalue weighted by Gasteiger charge is 2.10. The highest BCUT2D eigenvalue weighted by molar-refractivity contribution is 7.98. The number of rotatable bonds is 4. The second-order valence-electron chi connectivity index (χ2n) is 3.11. The summed E-state index contributed by atoms with van der Waals surface area (Å²) in [6.07, 6.45) is 1.98. The maximum absolute atomic E-state index is 11.7. The van der Waals surface area contributed by atoms with E-state index < -0.39 is 0 Å². The Morgan fingerprint density at radius 3 is 2.75 bits per heavy atom. The Kier molecular flexibility index (Phi) is 5.25. The minimum atomic E-state index is -0.195. The second-order valence-corrected chi connectivity index (χ2v) is 4.88. The third kappa shape index (κ3) is 3.47. The Hall–Kier alpha value is -0.580. The van der Waals surface area contributed by atoms with Crippen molar-refractivity contribution < 1.29 is 4.79 Å². The molecule has 0 heterocycles. The van der Waals surface area contributed by atoms with Crippen LogP contribution in [-0.4, -0.2) is 24.5 Å². The van der Waals surface area contributed by atoms with Gasteiger partial charge >= 0.3 is 0 Å². The number of hydrogen-bond donors (Lipinski definition) is 2. The first-order valence-corrected chi connectivity index (χ1v) is 6.73. The van der Waals surface area contributed by atoms with Gasteiger partial charge in [0, 0.05) is 17.9 Å². The van der Waals surface area contributed by atoms with Gasteiger partial charge in [0.25, 0.3) is 5.91 Å². The van der Waals surface area contributed by atoms with Crippen molar-refractivity contribution in [2.24, 2.45) is 0 Å². The van der Waals surface area contributed by atoms with Crippen LogP contribution in [0.2, 0.25) is 10.0 Å². The fraction of sp³-hybridized carbons (Fsp3) is 0.300. The predicted octanol–water partition coefficient (Wildman–Crippen LogP) is 2.67. The fourth-order valence-corrected chi connectivity index (χ4v) is 1.75. The van der Waals surface area contributed by atoms with Crippen molar-refractivity contribution in [2.45, 2.75) is 0 Å². The summed E-state index contributed by atoms with van der Waals surface area (Å²) in [7, 11) is 0. The first kappa shape index (κ1) is 13.5. The van der Waals surface area contributed by atoms with E-state index in [2.05, 4.69) is 5.32 Å². The number of anilines is 1. The monoisotopic (exact) mass is 278 g/mol. The van der Waals surface area contributed by atoms with Crippen LogP contribution in [0.25, 0.3) is 0 Å². The molecular formula is C10H12Cl2N2OS. The van der Waals surface area contributed by atoms with E-state index in [1.54, 1.807) is 11.8 Å². The summed E-state index contributed by atoms with van der Waals surface area (Å²) in [6.45, 7) is 0.611. The molecule has 0 bridgehead atoms. The number of carbonyl (C=O) groups is 1. The number of benzene rings is 1. The van der Waals surface area contributed by atoms with Crippen LogP contribution in [-0.2, 0) is 0 Å². The summed E-state index contributed by atoms with van der Waals surface area (Å²) in [5, 5.41) is 3.33. The highest BCUT2D eigenvalue weighted by Crippen LogP contribution is 2.29. The lowest BCUT2D eigenvalue weighted by Gasteiger charge is -2.07. The topological polar surface area (TPSA) is 55.1 Å². The van der Waals surface area contributed by atoms with Crippen molar-refractivity contribution in [1.29, 1.82) is 0 Å². The fourth-order valence-electron chi connectivity index (χ4n) is 1.11. The molecule has 0 radical (unpaired) electrons. The molecule has 0 aromatic heterocycles. The number of nitrogen functional groups attached to an aromatic ring is 1. The van der Waals surface area contributed by atoms with Gasteiger partial charge in [0.1, 0.15) is 0 Å². The Bertz CT molecular complexity index is 375. The molecule has 88 valence electrons. The van der Waals surface area contributed by atoms with Gasteiger partial charge in [0.2, 0.25) is 0 Å². The van der Waals surface area contributed by atoms with E-state index in [1.165, 1.54) is 12.1 Å². The molecule has 0 saturated heterocycles. The maximum atomic E-state index is 11.7. The average molecular weight is 279 g/mol. The van der Waals surface area contributed by atoms with Gasteiger partial charge in [-0.1, -0.05) is 23.2 Å². The van der Waals surface area contributed by atoms with E-state index in [1.807, 2.05) is 6.26 Å². The molecule has 0 aliphatic rings. The van der Waals surface area contributed by atoms with E-state index in [-0.39, 0.29) is 16.0 Å². The maximum Gasteiger partial charge on any atom is 0.251 e. The standard InChI is InChI=1S/C10H12Cl2N2OS/c1-16-3-2-14-10(15)6-4-7(11)9(12)8(13)5-6/h4-5H,2-3,13H2,1H3,(H,14,15). The van der Waals surface area contributed by atoms with Gasteiger partial charge in [-0.25, -0.2) is 0 Å². The van der Waals surface area contributed by atoms with Gasteiger partial charge in [-0.05, 0) is 18.4 Å². The molecule has 0 saturated carbocycles. The van der Waals surface area contributed by atoms with E-state index >= 15 is 0 Å². The smallest absolute Gasteiger partial charge is 0.251 e. The number of nitrogens with one attached hydrogen (secondary N) is 1. The lowest BCUT2D eigenvalue weighted by molar-refractivity contribution is 0.0956. The number of hydrogen-bond acceptors (Lipinski definition) is 3. The van der Waals surface area contributed by atoms with E-state index in [0.717, 1.165) is 5.75 Å². The zero-order valence-electron chi connectivity index (χ0n) is 8.72. The van der Waals surface area contributed by atoms with Crippen molar-refractivity contribution in [1.82, 2.24) is 5.32 Å². The third-order valence-corrected chi connectivity index (χ3v) is 3.34. The zero-order chi connectivity index (χ0) is 12.1. The van der Waals surface area contributed by atoms with Crippen LogP contribution >= 0.6 is 35.0 Å². The van der Waals surface area contributed by atoms with Crippen molar-refractivity contribution in [3.8, 4) is 0 Å². The Morgan fingerprint density at radius 2 is 2.19 bits per heavy atom. The molecule has 0 aliphatic carbocycles. The molecule has 1 amide bonds. The molecule has 0 spiro atoms. The molecule has 0 aliphatic heterocycles. The molecule has 6 heteroatoms. The molecule has 0 atom stereocenters. The lowest BCUT2D eigenvalue weighted by Crippen LogP contribution is -2.25. The predicted molar refractivity (Wildman–Crippen MR) is 71.6 cm³/mol. The van der Waals surface area contributed by atoms with E-state index in [9.17, 15) is 4.79 Å². The van der Waals surface area contributed by atoms with Crippen LogP contribution in [0, 0.1) is 0 Å². The summed E-state index contributed by atoms with van der Waals surface area (Å²) >= 11 is 13.3. The summed E-state index contributed by atoms with van der Waals surface area (Å²) < 4.78 is 0. The van der Waals surface area contributed by atoms with Crippen LogP contribution < -0.4 is 11.1 Å². The Morgan fingerprint density at radius 1 is 1.50 bits per heavy atom. The van der Waals surface area contributed by atoms with Crippen molar-refractivity contribution in [2.75, 3.05) is 24.3 Å². The molecular weight excluding hydrogens is 267 g/mol. The van der Waals surface area contributed by atoms with Gasteiger partial charge in [-0.3, -0.25) is 4.79 Å². The van der Waals surface area contributed by atoms with E-state index in [4.69, 9.17) is 28.9 Å². The highest BCUT2D eigenvalue weighted by atomic mass is 35.5. The first-order valence-electron chi connectivity index (χ1n) is 4.58. The van der Waals surface area contributed by atoms with Crippen molar-refractivity contribution in [3.63, 3.8) is 0 Å². The average Bonchev–Trinajstić information content (AvgIpc) is 2.25. The molecule has 3 nitrogen and oxygen atoms in total. The van der Waals surface area contributed by atoms with Crippen molar-refractivity contribution in [3.05, 3.63) is 27.7 Å². The minimum Gasteiger partial charge on any atom is -0.397 e. The molecule has 0 fully saturated rings.